The molecule has 0 amide bonds. The van der Waals surface area contributed by atoms with Crippen LogP contribution >= 0.6 is 12.4 Å². The normalized spacial score (nSPS) is 9.20. The van der Waals surface area contributed by atoms with E-state index in [9.17, 15) is 9.59 Å². The van der Waals surface area contributed by atoms with Crippen molar-refractivity contribution in [3.63, 3.8) is 0 Å². The highest BCUT2D eigenvalue weighted by Crippen LogP contribution is 1.96. The van der Waals surface area contributed by atoms with Gasteiger partial charge in [0.25, 0.3) is 5.56 Å². The van der Waals surface area contributed by atoms with E-state index in [4.69, 9.17) is 5.11 Å². The number of hydrogen-bond acceptors (Lipinski definition) is 4. The summed E-state index contributed by atoms with van der Waals surface area (Å²) in [5.41, 5.74) is -0.403. The van der Waals surface area contributed by atoms with Crippen LogP contribution in [0.2, 0.25) is 0 Å². The van der Waals surface area contributed by atoms with E-state index in [0.717, 1.165) is 4.57 Å². The third-order valence-corrected chi connectivity index (χ3v) is 1.62. The maximum Gasteiger partial charge on any atom is 0.323 e. The Balaban J connectivity index is 0.00000196. The molecule has 84 valence electrons. The van der Waals surface area contributed by atoms with E-state index in [1.807, 2.05) is 0 Å². The number of carboxylic acid groups (broad SMARTS) is 1. The third kappa shape index (κ3) is 3.25. The molecule has 1 N–H and O–H groups in total. The Morgan fingerprint density at radius 1 is 1.60 bits per heavy atom. The van der Waals surface area contributed by atoms with Crippen LogP contribution in [0.25, 0.3) is 0 Å². The van der Waals surface area contributed by atoms with Crippen molar-refractivity contribution >= 4 is 24.2 Å². The van der Waals surface area contributed by atoms with Gasteiger partial charge in [-0.1, -0.05) is 0 Å². The molecule has 0 saturated heterocycles. The molecule has 0 unspecified atom stereocenters. The molecule has 0 atom stereocenters. The van der Waals surface area contributed by atoms with Gasteiger partial charge in [-0.15, -0.1) is 12.4 Å². The van der Waals surface area contributed by atoms with Crippen molar-refractivity contribution in [2.24, 2.45) is 0 Å². The van der Waals surface area contributed by atoms with Gasteiger partial charge in [0.05, 0.1) is 0 Å². The zero-order chi connectivity index (χ0) is 10.7. The van der Waals surface area contributed by atoms with Crippen molar-refractivity contribution in [3.05, 3.63) is 22.7 Å². The monoisotopic (exact) mass is 233 g/mol. The first-order valence-corrected chi connectivity index (χ1v) is 3.97. The molecule has 0 saturated carbocycles. The van der Waals surface area contributed by atoms with Crippen LogP contribution < -0.4 is 10.5 Å². The van der Waals surface area contributed by atoms with Crippen molar-refractivity contribution < 1.29 is 9.90 Å². The molecule has 1 aromatic heterocycles. The highest BCUT2D eigenvalue weighted by Gasteiger charge is 2.08. The van der Waals surface area contributed by atoms with Crippen LogP contribution in [0, 0.1) is 0 Å². The minimum atomic E-state index is -1.05. The van der Waals surface area contributed by atoms with Crippen molar-refractivity contribution in [2.45, 2.75) is 6.54 Å². The molecule has 0 radical (unpaired) electrons. The fourth-order valence-corrected chi connectivity index (χ4v) is 1.01. The number of carbonyl (C=O) groups is 1. The smallest absolute Gasteiger partial charge is 0.323 e. The maximum absolute atomic E-state index is 11.5. The van der Waals surface area contributed by atoms with Crippen LogP contribution in [-0.4, -0.2) is 34.7 Å². The summed E-state index contributed by atoms with van der Waals surface area (Å²) in [6, 6.07) is 0. The average Bonchev–Trinajstić information content (AvgIpc) is 2.07. The second-order valence-electron chi connectivity index (χ2n) is 2.97. The summed E-state index contributed by atoms with van der Waals surface area (Å²) in [5.74, 6) is -0.822. The van der Waals surface area contributed by atoms with Gasteiger partial charge in [-0.2, -0.15) is 0 Å². The second-order valence-corrected chi connectivity index (χ2v) is 2.97. The van der Waals surface area contributed by atoms with E-state index in [0.29, 0.717) is 0 Å². The Labute approximate surface area is 92.6 Å². The zero-order valence-corrected chi connectivity index (χ0v) is 9.19. The zero-order valence-electron chi connectivity index (χ0n) is 8.38. The topological polar surface area (TPSA) is 75.4 Å². The predicted octanol–water partition coefficient (Wildman–Crippen LogP) is -0.184. The summed E-state index contributed by atoms with van der Waals surface area (Å²) in [5, 5.41) is 8.53. The fraction of sp³-hybridized carbons (Fsp3) is 0.375. The summed E-state index contributed by atoms with van der Waals surface area (Å²) in [7, 11) is 3.35. The number of halogens is 1. The Kier molecular flexibility index (Phi) is 4.80. The summed E-state index contributed by atoms with van der Waals surface area (Å²) in [4.78, 5) is 27.3. The molecule has 6 nitrogen and oxygen atoms in total. The summed E-state index contributed by atoms with van der Waals surface area (Å²) in [6.07, 6.45) is 2.75. The minimum Gasteiger partial charge on any atom is -0.480 e. The van der Waals surface area contributed by atoms with Crippen molar-refractivity contribution in [1.29, 1.82) is 0 Å². The SMILES string of the molecule is CN(C)c1nccn(CC(=O)O)c1=O.Cl. The standard InChI is InChI=1S/C8H11N3O3.ClH/c1-10(2)7-8(14)11(4-3-9-7)5-6(12)13;/h3-4H,5H2,1-2H3,(H,12,13);1H. The van der Waals surface area contributed by atoms with Crippen molar-refractivity contribution in [2.75, 3.05) is 19.0 Å². The lowest BCUT2D eigenvalue weighted by atomic mass is 10.5. The summed E-state index contributed by atoms with van der Waals surface area (Å²) >= 11 is 0. The minimum absolute atomic E-state index is 0. The second kappa shape index (κ2) is 5.35. The fourth-order valence-electron chi connectivity index (χ4n) is 1.01. The largest absolute Gasteiger partial charge is 0.480 e. The van der Waals surface area contributed by atoms with Crippen LogP contribution in [0.3, 0.4) is 0 Å². The molecular weight excluding hydrogens is 222 g/mol. The molecule has 0 aliphatic carbocycles. The lowest BCUT2D eigenvalue weighted by Crippen LogP contribution is -2.29. The lowest BCUT2D eigenvalue weighted by molar-refractivity contribution is -0.137. The Morgan fingerprint density at radius 3 is 2.67 bits per heavy atom. The molecule has 0 fully saturated rings. The van der Waals surface area contributed by atoms with E-state index in [1.54, 1.807) is 19.0 Å². The molecule has 0 aliphatic rings. The first-order chi connectivity index (χ1) is 6.52. The van der Waals surface area contributed by atoms with E-state index in [-0.39, 0.29) is 24.8 Å². The van der Waals surface area contributed by atoms with Gasteiger partial charge < -0.3 is 10.0 Å². The molecule has 0 aliphatic heterocycles. The molecule has 0 bridgehead atoms. The van der Waals surface area contributed by atoms with Crippen LogP contribution in [0.15, 0.2) is 17.2 Å². The number of aliphatic carboxylic acids is 1. The van der Waals surface area contributed by atoms with Crippen LogP contribution in [0.1, 0.15) is 0 Å². The molecular formula is C8H12ClN3O3. The van der Waals surface area contributed by atoms with Gasteiger partial charge in [-0.25, -0.2) is 4.98 Å². The Hall–Kier alpha value is -1.56. The number of aromatic nitrogens is 2. The first-order valence-electron chi connectivity index (χ1n) is 3.97. The molecule has 1 aromatic rings. The van der Waals surface area contributed by atoms with E-state index >= 15 is 0 Å². The number of hydrogen-bond donors (Lipinski definition) is 1. The van der Waals surface area contributed by atoms with E-state index in [2.05, 4.69) is 4.98 Å². The van der Waals surface area contributed by atoms with Crippen LogP contribution in [0.5, 0.6) is 0 Å². The van der Waals surface area contributed by atoms with Gasteiger partial charge in [0, 0.05) is 26.5 Å². The molecule has 1 rings (SSSR count). The van der Waals surface area contributed by atoms with Crippen LogP contribution in [0.4, 0.5) is 5.82 Å². The number of nitrogens with zero attached hydrogens (tertiary/aromatic N) is 3. The van der Waals surface area contributed by atoms with Gasteiger partial charge >= 0.3 is 5.97 Å². The Bertz CT molecular complexity index is 402. The van der Waals surface area contributed by atoms with Gasteiger partial charge in [0.1, 0.15) is 6.54 Å². The van der Waals surface area contributed by atoms with Gasteiger partial charge in [0.15, 0.2) is 5.82 Å². The average molecular weight is 234 g/mol. The van der Waals surface area contributed by atoms with Gasteiger partial charge in [-0.3, -0.25) is 14.2 Å². The number of anilines is 1. The van der Waals surface area contributed by atoms with Crippen molar-refractivity contribution in [3.8, 4) is 0 Å². The maximum atomic E-state index is 11.5. The van der Waals surface area contributed by atoms with Gasteiger partial charge in [0.2, 0.25) is 0 Å². The molecule has 0 aromatic carbocycles. The number of rotatable bonds is 3. The molecule has 7 heteroatoms. The highest BCUT2D eigenvalue weighted by molar-refractivity contribution is 5.85. The lowest BCUT2D eigenvalue weighted by Gasteiger charge is -2.11. The highest BCUT2D eigenvalue weighted by atomic mass is 35.5. The van der Waals surface area contributed by atoms with E-state index < -0.39 is 11.5 Å². The van der Waals surface area contributed by atoms with Crippen LogP contribution in [-0.2, 0) is 11.3 Å². The number of carboxylic acids is 1. The van der Waals surface area contributed by atoms with E-state index in [1.165, 1.54) is 12.4 Å². The third-order valence-electron chi connectivity index (χ3n) is 1.62. The summed E-state index contributed by atoms with van der Waals surface area (Å²) < 4.78 is 1.10. The predicted molar refractivity (Wildman–Crippen MR) is 57.7 cm³/mol. The molecule has 15 heavy (non-hydrogen) atoms. The first kappa shape index (κ1) is 13.4. The Morgan fingerprint density at radius 2 is 2.20 bits per heavy atom. The molecule has 1 heterocycles. The summed E-state index contributed by atoms with van der Waals surface area (Å²) in [6.45, 7) is -0.345. The van der Waals surface area contributed by atoms with Gasteiger partial charge in [-0.05, 0) is 0 Å². The van der Waals surface area contributed by atoms with Crippen molar-refractivity contribution in [1.82, 2.24) is 9.55 Å². The molecule has 0 spiro atoms. The quantitative estimate of drug-likeness (QED) is 0.784.